The summed E-state index contributed by atoms with van der Waals surface area (Å²) in [5.41, 5.74) is 17.8. The molecule has 172 valence electrons. The van der Waals surface area contributed by atoms with Crippen molar-refractivity contribution >= 4 is 41.1 Å². The molecule has 0 aliphatic heterocycles. The molecule has 0 spiro atoms. The van der Waals surface area contributed by atoms with Crippen LogP contribution in [0.2, 0.25) is 5.15 Å². The Bertz CT molecular complexity index is 967. The first-order chi connectivity index (χ1) is 15.3. The second kappa shape index (κ2) is 12.3. The van der Waals surface area contributed by atoms with Crippen LogP contribution in [0.5, 0.6) is 5.75 Å². The Morgan fingerprint density at radius 2 is 1.84 bits per heavy atom. The van der Waals surface area contributed by atoms with E-state index in [-0.39, 0.29) is 35.0 Å². The number of nitrogens with zero attached hydrogens (tertiary/aromatic N) is 3. The van der Waals surface area contributed by atoms with Crippen molar-refractivity contribution in [1.29, 1.82) is 0 Å². The molecule has 11 nitrogen and oxygen atoms in total. The van der Waals surface area contributed by atoms with Gasteiger partial charge in [-0.1, -0.05) is 23.7 Å². The SMILES string of the molecule is CCOC(=O)COc1ccc(CCCCN=C(N)NC(=O)c2nc(Cl)c(N)nc2N)cc1. The zero-order valence-electron chi connectivity index (χ0n) is 17.6. The van der Waals surface area contributed by atoms with Gasteiger partial charge in [-0.3, -0.25) is 15.1 Å². The topological polar surface area (TPSA) is 181 Å². The van der Waals surface area contributed by atoms with Crippen LogP contribution in [0.4, 0.5) is 11.6 Å². The Kier molecular flexibility index (Phi) is 9.48. The molecule has 1 amide bonds. The second-order valence-electron chi connectivity index (χ2n) is 6.55. The van der Waals surface area contributed by atoms with Crippen molar-refractivity contribution in [3.63, 3.8) is 0 Å². The number of unbranched alkanes of at least 4 members (excludes halogenated alkanes) is 1. The largest absolute Gasteiger partial charge is 0.482 e. The second-order valence-corrected chi connectivity index (χ2v) is 6.91. The predicted molar refractivity (Wildman–Crippen MR) is 121 cm³/mol. The lowest BCUT2D eigenvalue weighted by atomic mass is 10.1. The smallest absolute Gasteiger partial charge is 0.344 e. The van der Waals surface area contributed by atoms with Crippen molar-refractivity contribution in [2.75, 3.05) is 31.2 Å². The van der Waals surface area contributed by atoms with E-state index in [4.69, 9.17) is 38.3 Å². The summed E-state index contributed by atoms with van der Waals surface area (Å²) < 4.78 is 10.2. The quantitative estimate of drug-likeness (QED) is 0.175. The molecule has 1 aromatic heterocycles. The number of rotatable bonds is 10. The van der Waals surface area contributed by atoms with Crippen molar-refractivity contribution in [2.24, 2.45) is 10.7 Å². The fourth-order valence-electron chi connectivity index (χ4n) is 2.56. The predicted octanol–water partition coefficient (Wildman–Crippen LogP) is 1.30. The minimum atomic E-state index is -0.677. The van der Waals surface area contributed by atoms with Crippen LogP contribution < -0.4 is 27.3 Å². The number of nitrogens with two attached hydrogens (primary N) is 3. The van der Waals surface area contributed by atoms with E-state index in [0.717, 1.165) is 24.8 Å². The Morgan fingerprint density at radius 1 is 1.12 bits per heavy atom. The number of aromatic nitrogens is 2. The lowest BCUT2D eigenvalue weighted by Crippen LogP contribution is -2.38. The molecule has 2 aromatic rings. The molecule has 1 heterocycles. The van der Waals surface area contributed by atoms with Crippen LogP contribution in [0.3, 0.4) is 0 Å². The number of aliphatic imine (C=N–C) groups is 1. The van der Waals surface area contributed by atoms with Gasteiger partial charge in [-0.25, -0.2) is 14.8 Å². The van der Waals surface area contributed by atoms with Gasteiger partial charge in [-0.05, 0) is 43.9 Å². The zero-order valence-corrected chi connectivity index (χ0v) is 18.4. The van der Waals surface area contributed by atoms with Gasteiger partial charge in [0, 0.05) is 6.54 Å². The fraction of sp³-hybridized carbons (Fsp3) is 0.350. The number of benzene rings is 1. The summed E-state index contributed by atoms with van der Waals surface area (Å²) in [6.07, 6.45) is 2.45. The van der Waals surface area contributed by atoms with Crippen LogP contribution >= 0.6 is 11.6 Å². The number of carbonyl (C=O) groups is 2. The Morgan fingerprint density at radius 3 is 2.53 bits per heavy atom. The number of esters is 1. The molecule has 0 saturated carbocycles. The number of hydrogen-bond acceptors (Lipinski definition) is 9. The van der Waals surface area contributed by atoms with Gasteiger partial charge in [0.25, 0.3) is 5.91 Å². The fourth-order valence-corrected chi connectivity index (χ4v) is 2.69. The van der Waals surface area contributed by atoms with Gasteiger partial charge in [0.1, 0.15) is 5.75 Å². The lowest BCUT2D eigenvalue weighted by Gasteiger charge is -2.07. The minimum absolute atomic E-state index is 0.0627. The van der Waals surface area contributed by atoms with E-state index >= 15 is 0 Å². The van der Waals surface area contributed by atoms with Crippen LogP contribution in [0.25, 0.3) is 0 Å². The van der Waals surface area contributed by atoms with Crippen LogP contribution in [-0.4, -0.2) is 47.6 Å². The molecule has 0 saturated heterocycles. The van der Waals surface area contributed by atoms with Crippen molar-refractivity contribution in [2.45, 2.75) is 26.2 Å². The summed E-state index contributed by atoms with van der Waals surface area (Å²) in [5.74, 6) is -0.768. The molecule has 0 unspecified atom stereocenters. The number of carbonyl (C=O) groups excluding carboxylic acids is 2. The molecule has 32 heavy (non-hydrogen) atoms. The van der Waals surface area contributed by atoms with E-state index in [1.165, 1.54) is 0 Å². The highest BCUT2D eigenvalue weighted by Gasteiger charge is 2.16. The molecule has 7 N–H and O–H groups in total. The van der Waals surface area contributed by atoms with Crippen LogP contribution in [0.15, 0.2) is 29.3 Å². The van der Waals surface area contributed by atoms with Gasteiger partial charge in [0.2, 0.25) is 0 Å². The van der Waals surface area contributed by atoms with Crippen molar-refractivity contribution in [3.05, 3.63) is 40.7 Å². The van der Waals surface area contributed by atoms with Gasteiger partial charge < -0.3 is 26.7 Å². The van der Waals surface area contributed by atoms with E-state index < -0.39 is 11.9 Å². The number of guanidine groups is 1. The third kappa shape index (κ3) is 7.91. The average molecular weight is 464 g/mol. The maximum absolute atomic E-state index is 12.2. The summed E-state index contributed by atoms with van der Waals surface area (Å²) in [7, 11) is 0. The Labute approximate surface area is 190 Å². The summed E-state index contributed by atoms with van der Waals surface area (Å²) >= 11 is 5.76. The molecule has 1 aromatic carbocycles. The number of nitrogens with one attached hydrogen (secondary N) is 1. The Balaban J connectivity index is 1.72. The molecule has 0 bridgehead atoms. The van der Waals surface area contributed by atoms with Gasteiger partial charge in [-0.2, -0.15) is 0 Å². The van der Waals surface area contributed by atoms with Gasteiger partial charge in [-0.15, -0.1) is 0 Å². The van der Waals surface area contributed by atoms with Gasteiger partial charge in [0.15, 0.2) is 35.0 Å². The lowest BCUT2D eigenvalue weighted by molar-refractivity contribution is -0.145. The van der Waals surface area contributed by atoms with Crippen LogP contribution in [0.1, 0.15) is 35.8 Å². The molecule has 0 radical (unpaired) electrons. The molecule has 12 heteroatoms. The highest BCUT2D eigenvalue weighted by Crippen LogP contribution is 2.17. The minimum Gasteiger partial charge on any atom is -0.482 e. The molecule has 0 aliphatic carbocycles. The number of anilines is 2. The first-order valence-electron chi connectivity index (χ1n) is 9.87. The molecule has 0 atom stereocenters. The first-order valence-corrected chi connectivity index (χ1v) is 10.2. The normalized spacial score (nSPS) is 11.1. The third-order valence-corrected chi connectivity index (χ3v) is 4.38. The maximum atomic E-state index is 12.2. The van der Waals surface area contributed by atoms with E-state index in [0.29, 0.717) is 18.9 Å². The summed E-state index contributed by atoms with van der Waals surface area (Å²) in [6, 6.07) is 7.47. The number of nitrogen functional groups attached to an aromatic ring is 2. The van der Waals surface area contributed by atoms with Crippen LogP contribution in [-0.2, 0) is 16.0 Å². The summed E-state index contributed by atoms with van der Waals surface area (Å²) in [4.78, 5) is 35.1. The monoisotopic (exact) mass is 463 g/mol. The number of amides is 1. The van der Waals surface area contributed by atoms with E-state index in [9.17, 15) is 9.59 Å². The molecule has 2 rings (SSSR count). The molecular formula is C20H26ClN7O4. The third-order valence-electron chi connectivity index (χ3n) is 4.10. The Hall–Kier alpha value is -3.60. The van der Waals surface area contributed by atoms with E-state index in [1.54, 1.807) is 19.1 Å². The van der Waals surface area contributed by atoms with E-state index in [1.807, 2.05) is 12.1 Å². The molecule has 0 fully saturated rings. The maximum Gasteiger partial charge on any atom is 0.344 e. The molecule has 0 aliphatic rings. The van der Waals surface area contributed by atoms with Crippen LogP contribution in [0, 0.1) is 0 Å². The van der Waals surface area contributed by atoms with E-state index in [2.05, 4.69) is 20.3 Å². The van der Waals surface area contributed by atoms with Crippen molar-refractivity contribution in [1.82, 2.24) is 15.3 Å². The number of hydrogen-bond donors (Lipinski definition) is 4. The van der Waals surface area contributed by atoms with Crippen molar-refractivity contribution < 1.29 is 19.1 Å². The first kappa shape index (κ1) is 24.7. The summed E-state index contributed by atoms with van der Waals surface area (Å²) in [5, 5.41) is 2.26. The number of ether oxygens (including phenoxy) is 2. The van der Waals surface area contributed by atoms with Crippen molar-refractivity contribution in [3.8, 4) is 5.75 Å². The highest BCUT2D eigenvalue weighted by atomic mass is 35.5. The van der Waals surface area contributed by atoms with Gasteiger partial charge >= 0.3 is 5.97 Å². The highest BCUT2D eigenvalue weighted by molar-refractivity contribution is 6.31. The number of aryl methyl sites for hydroxylation is 1. The molecular weight excluding hydrogens is 438 g/mol. The zero-order chi connectivity index (χ0) is 23.5. The summed E-state index contributed by atoms with van der Waals surface area (Å²) in [6.45, 7) is 2.37. The average Bonchev–Trinajstić information content (AvgIpc) is 2.75. The number of halogens is 1. The standard InChI is InChI=1S/C20H26ClN7O4/c1-2-31-14(29)11-32-13-8-6-12(7-9-13)5-3-4-10-25-20(24)28-19(30)15-17(22)27-18(23)16(21)26-15/h6-9H,2-5,10-11H2,1H3,(H4,22,23,27)(H3,24,25,28,30). The van der Waals surface area contributed by atoms with Gasteiger partial charge in [0.05, 0.1) is 6.61 Å².